The van der Waals surface area contributed by atoms with Crippen molar-refractivity contribution in [3.8, 4) is 5.75 Å². The largest absolute Gasteiger partial charge is 0.485 e. The van der Waals surface area contributed by atoms with Gasteiger partial charge in [-0.15, -0.1) is 0 Å². The molecular weight excluding hydrogens is 431 g/mol. The first-order chi connectivity index (χ1) is 11.7. The number of fused-ring (bicyclic) bond motifs is 2. The van der Waals surface area contributed by atoms with Crippen molar-refractivity contribution >= 4 is 56.7 Å². The van der Waals surface area contributed by atoms with Gasteiger partial charge in [0.2, 0.25) is 0 Å². The normalized spacial score (nSPS) is 13.4. The molecule has 1 amide bonds. The van der Waals surface area contributed by atoms with E-state index in [1.807, 2.05) is 0 Å². The topological polar surface area (TPSA) is 51.7 Å². The molecule has 2 aromatic rings. The van der Waals surface area contributed by atoms with Crippen molar-refractivity contribution in [3.05, 3.63) is 44.5 Å². The Bertz CT molecular complexity index is 853. The molecule has 1 aromatic carbocycles. The number of hydrogen-bond acceptors (Lipinski definition) is 4. The second kappa shape index (κ2) is 6.67. The van der Waals surface area contributed by atoms with E-state index < -0.39 is 11.7 Å². The van der Waals surface area contributed by atoms with Crippen molar-refractivity contribution in [1.29, 1.82) is 0 Å². The van der Waals surface area contributed by atoms with E-state index in [9.17, 15) is 4.79 Å². The third-order valence-corrected chi connectivity index (χ3v) is 4.45. The molecule has 0 saturated carbocycles. The third-order valence-electron chi connectivity index (χ3n) is 3.35. The Labute approximate surface area is 164 Å². The lowest BCUT2D eigenvalue weighted by atomic mass is 10.2. The van der Waals surface area contributed by atoms with Gasteiger partial charge in [0.1, 0.15) is 12.2 Å². The average Bonchev–Trinajstić information content (AvgIpc) is 2.63. The molecule has 1 aromatic heterocycles. The molecule has 0 atom stereocenters. The van der Waals surface area contributed by atoms with Crippen LogP contribution in [0.3, 0.4) is 0 Å². The number of rotatable bonds is 0. The van der Waals surface area contributed by atoms with Gasteiger partial charge in [-0.1, -0.05) is 39.1 Å². The lowest BCUT2D eigenvalue weighted by molar-refractivity contribution is 0.0598. The Balaban J connectivity index is 2.24. The fraction of sp³-hybridized carbons (Fsp3) is 0.294. The van der Waals surface area contributed by atoms with Crippen molar-refractivity contribution in [1.82, 2.24) is 4.98 Å². The highest BCUT2D eigenvalue weighted by Gasteiger charge is 2.33. The number of anilines is 2. The number of carbonyl (C=O) groups is 1. The quantitative estimate of drug-likeness (QED) is 0.490. The summed E-state index contributed by atoms with van der Waals surface area (Å²) in [7, 11) is 0. The number of halogens is 3. The average molecular weight is 446 g/mol. The van der Waals surface area contributed by atoms with E-state index in [4.69, 9.17) is 32.7 Å². The molecule has 1 aliphatic heterocycles. The highest BCUT2D eigenvalue weighted by molar-refractivity contribution is 9.10. The van der Waals surface area contributed by atoms with Crippen LogP contribution in [0.2, 0.25) is 10.0 Å². The Morgan fingerprint density at radius 3 is 2.72 bits per heavy atom. The summed E-state index contributed by atoms with van der Waals surface area (Å²) in [5, 5.41) is 0.809. The van der Waals surface area contributed by atoms with Gasteiger partial charge >= 0.3 is 6.09 Å². The minimum Gasteiger partial charge on any atom is -0.485 e. The van der Waals surface area contributed by atoms with Gasteiger partial charge in [-0.3, -0.25) is 0 Å². The number of ether oxygens (including phenoxy) is 2. The van der Waals surface area contributed by atoms with Gasteiger partial charge in [0.05, 0.1) is 21.3 Å². The summed E-state index contributed by atoms with van der Waals surface area (Å²) >= 11 is 16.0. The molecular formula is C17H15BrCl2N2O3. The Morgan fingerprint density at radius 1 is 1.32 bits per heavy atom. The number of carbonyl (C=O) groups excluding carboxylic acids is 1. The summed E-state index contributed by atoms with van der Waals surface area (Å²) in [5.74, 6) is 0.722. The van der Waals surface area contributed by atoms with Gasteiger partial charge in [-0.2, -0.15) is 0 Å². The number of amides is 1. The maximum atomic E-state index is 12.9. The van der Waals surface area contributed by atoms with E-state index in [1.165, 1.54) is 11.1 Å². The van der Waals surface area contributed by atoms with Crippen LogP contribution in [0, 0.1) is 0 Å². The van der Waals surface area contributed by atoms with Crippen LogP contribution in [0.15, 0.2) is 28.9 Å². The van der Waals surface area contributed by atoms with Crippen LogP contribution < -0.4 is 9.64 Å². The zero-order chi connectivity index (χ0) is 18.4. The van der Waals surface area contributed by atoms with Crippen molar-refractivity contribution in [3.63, 3.8) is 0 Å². The van der Waals surface area contributed by atoms with Crippen LogP contribution in [0.5, 0.6) is 5.75 Å². The molecule has 0 N–H and O–H groups in total. The Kier molecular flexibility index (Phi) is 4.88. The van der Waals surface area contributed by atoms with Gasteiger partial charge in [0, 0.05) is 10.7 Å². The number of nitrogens with zero attached hydrogens (tertiary/aromatic N) is 2. The molecule has 0 radical (unpaired) electrons. The maximum Gasteiger partial charge on any atom is 0.420 e. The molecule has 0 saturated heterocycles. The van der Waals surface area contributed by atoms with Gasteiger partial charge in [0.15, 0.2) is 11.6 Å². The molecule has 0 fully saturated rings. The second-order valence-electron chi connectivity index (χ2n) is 6.44. The Morgan fingerprint density at radius 2 is 2.04 bits per heavy atom. The van der Waals surface area contributed by atoms with E-state index in [2.05, 4.69) is 20.9 Å². The number of hydrogen-bond donors (Lipinski definition) is 0. The van der Waals surface area contributed by atoms with Crippen LogP contribution in [0.1, 0.15) is 26.3 Å². The van der Waals surface area contributed by atoms with Gasteiger partial charge < -0.3 is 9.47 Å². The smallest absolute Gasteiger partial charge is 0.420 e. The van der Waals surface area contributed by atoms with Crippen LogP contribution >= 0.6 is 39.1 Å². The van der Waals surface area contributed by atoms with Crippen LogP contribution in [0.4, 0.5) is 16.3 Å². The summed E-state index contributed by atoms with van der Waals surface area (Å²) in [6, 6.07) is 5.06. The highest BCUT2D eigenvalue weighted by atomic mass is 79.9. The van der Waals surface area contributed by atoms with Gasteiger partial charge in [0.25, 0.3) is 0 Å². The summed E-state index contributed by atoms with van der Waals surface area (Å²) in [6.07, 6.45) is 0.938. The van der Waals surface area contributed by atoms with Crippen molar-refractivity contribution in [2.45, 2.75) is 33.0 Å². The van der Waals surface area contributed by atoms with E-state index in [0.29, 0.717) is 37.3 Å². The third kappa shape index (κ3) is 3.71. The monoisotopic (exact) mass is 444 g/mol. The van der Waals surface area contributed by atoms with Crippen molar-refractivity contribution in [2.24, 2.45) is 0 Å². The molecule has 8 heteroatoms. The molecule has 3 rings (SSSR count). The predicted octanol–water partition coefficient (Wildman–Crippen LogP) is 6.12. The molecule has 5 nitrogen and oxygen atoms in total. The highest BCUT2D eigenvalue weighted by Crippen LogP contribution is 2.46. The minimum absolute atomic E-state index is 0.135. The van der Waals surface area contributed by atoms with Crippen LogP contribution in [-0.2, 0) is 11.3 Å². The fourth-order valence-electron chi connectivity index (χ4n) is 2.39. The zero-order valence-corrected chi connectivity index (χ0v) is 16.9. The SMILES string of the molecule is CC(C)(C)OC(=O)N1c2cc(Br)cc(Cl)c2OCc2c(Cl)ccnc21. The summed E-state index contributed by atoms with van der Waals surface area (Å²) in [4.78, 5) is 18.6. The molecule has 0 unspecified atom stereocenters. The van der Waals surface area contributed by atoms with E-state index in [0.717, 1.165) is 0 Å². The molecule has 1 aliphatic rings. The van der Waals surface area contributed by atoms with Gasteiger partial charge in [-0.05, 0) is 39.0 Å². The molecule has 132 valence electrons. The summed E-state index contributed by atoms with van der Waals surface area (Å²) in [5.41, 5.74) is 0.333. The fourth-order valence-corrected chi connectivity index (χ4v) is 3.43. The number of pyridine rings is 1. The predicted molar refractivity (Wildman–Crippen MR) is 101 cm³/mol. The second-order valence-corrected chi connectivity index (χ2v) is 8.17. The molecule has 0 aliphatic carbocycles. The lowest BCUT2D eigenvalue weighted by Crippen LogP contribution is -2.34. The van der Waals surface area contributed by atoms with Crippen LogP contribution in [0.25, 0.3) is 0 Å². The molecule has 0 bridgehead atoms. The first-order valence-corrected chi connectivity index (χ1v) is 9.00. The molecule has 0 spiro atoms. The molecule has 25 heavy (non-hydrogen) atoms. The first-order valence-electron chi connectivity index (χ1n) is 7.46. The molecule has 2 heterocycles. The maximum absolute atomic E-state index is 12.9. The van der Waals surface area contributed by atoms with Gasteiger partial charge in [-0.25, -0.2) is 14.7 Å². The van der Waals surface area contributed by atoms with Crippen LogP contribution in [-0.4, -0.2) is 16.7 Å². The number of benzene rings is 1. The van der Waals surface area contributed by atoms with Crippen molar-refractivity contribution in [2.75, 3.05) is 4.90 Å². The Hall–Kier alpha value is -1.50. The summed E-state index contributed by atoms with van der Waals surface area (Å²) in [6.45, 7) is 5.51. The van der Waals surface area contributed by atoms with E-state index in [1.54, 1.807) is 39.0 Å². The minimum atomic E-state index is -0.682. The van der Waals surface area contributed by atoms with E-state index in [-0.39, 0.29) is 6.61 Å². The summed E-state index contributed by atoms with van der Waals surface area (Å²) < 4.78 is 12.1. The van der Waals surface area contributed by atoms with E-state index >= 15 is 0 Å². The number of aromatic nitrogens is 1. The zero-order valence-electron chi connectivity index (χ0n) is 13.8. The standard InChI is InChI=1S/C17H15BrCl2N2O3/c1-17(2,3)25-16(23)22-13-7-9(18)6-12(20)14(13)24-8-10-11(19)4-5-21-15(10)22/h4-7H,8H2,1-3H3. The first kappa shape index (κ1) is 18.3. The lowest BCUT2D eigenvalue weighted by Gasteiger charge is -2.27. The van der Waals surface area contributed by atoms with Crippen molar-refractivity contribution < 1.29 is 14.3 Å².